The minimum absolute atomic E-state index is 0.145. The van der Waals surface area contributed by atoms with Crippen molar-refractivity contribution in [2.24, 2.45) is 0 Å². The van der Waals surface area contributed by atoms with Crippen LogP contribution in [0.2, 0.25) is 0 Å². The molecule has 17 heavy (non-hydrogen) atoms. The van der Waals surface area contributed by atoms with Crippen molar-refractivity contribution >= 4 is 11.3 Å². The number of nitrogens with zero attached hydrogens (tertiary/aromatic N) is 1. The highest BCUT2D eigenvalue weighted by molar-refractivity contribution is 7.10. The lowest BCUT2D eigenvalue weighted by atomic mass is 9.98. The Morgan fingerprint density at radius 2 is 1.76 bits per heavy atom. The van der Waals surface area contributed by atoms with Crippen molar-refractivity contribution in [2.45, 2.75) is 39.5 Å². The first-order chi connectivity index (χ1) is 8.00. The molecule has 0 unspecified atom stereocenters. The molecule has 2 aromatic rings. The van der Waals surface area contributed by atoms with E-state index in [0.717, 1.165) is 12.1 Å². The highest BCUT2D eigenvalue weighted by Gasteiger charge is 2.18. The maximum atomic E-state index is 4.73. The highest BCUT2D eigenvalue weighted by Crippen LogP contribution is 2.29. The smallest absolute Gasteiger partial charge is 0.0986 e. The summed E-state index contributed by atoms with van der Waals surface area (Å²) >= 11 is 1.75. The fourth-order valence-electron chi connectivity index (χ4n) is 1.66. The van der Waals surface area contributed by atoms with Gasteiger partial charge in [0.05, 0.1) is 10.7 Å². The van der Waals surface area contributed by atoms with Crippen LogP contribution in [0.3, 0.4) is 0 Å². The number of hydrogen-bond donors (Lipinski definition) is 0. The monoisotopic (exact) mass is 245 g/mol. The van der Waals surface area contributed by atoms with E-state index >= 15 is 0 Å². The molecule has 0 atom stereocenters. The molecular formula is C15H19NS. The summed E-state index contributed by atoms with van der Waals surface area (Å²) in [5, 5.41) is 3.36. The molecule has 1 aromatic carbocycles. The number of aromatic nitrogens is 1. The van der Waals surface area contributed by atoms with Crippen molar-refractivity contribution in [1.29, 1.82) is 0 Å². The van der Waals surface area contributed by atoms with Crippen molar-refractivity contribution < 1.29 is 0 Å². The summed E-state index contributed by atoms with van der Waals surface area (Å²) in [6, 6.07) is 8.71. The Labute approximate surface area is 108 Å². The van der Waals surface area contributed by atoms with Gasteiger partial charge in [-0.05, 0) is 12.0 Å². The molecule has 0 N–H and O–H groups in total. The van der Waals surface area contributed by atoms with E-state index in [2.05, 4.69) is 57.3 Å². The summed E-state index contributed by atoms with van der Waals surface area (Å²) in [5.41, 5.74) is 3.84. The topological polar surface area (TPSA) is 12.9 Å². The Hall–Kier alpha value is -1.15. The molecule has 0 spiro atoms. The van der Waals surface area contributed by atoms with Gasteiger partial charge in [-0.15, -0.1) is 11.3 Å². The molecule has 0 saturated carbocycles. The molecule has 0 fully saturated rings. The van der Waals surface area contributed by atoms with E-state index in [-0.39, 0.29) is 5.41 Å². The second kappa shape index (κ2) is 4.61. The zero-order chi connectivity index (χ0) is 12.5. The van der Waals surface area contributed by atoms with Gasteiger partial charge in [-0.1, -0.05) is 52.0 Å². The average Bonchev–Trinajstić information content (AvgIpc) is 2.78. The zero-order valence-electron chi connectivity index (χ0n) is 10.9. The van der Waals surface area contributed by atoms with Crippen molar-refractivity contribution in [3.8, 4) is 11.3 Å². The van der Waals surface area contributed by atoms with Crippen molar-refractivity contribution in [3.63, 3.8) is 0 Å². The van der Waals surface area contributed by atoms with E-state index in [1.54, 1.807) is 11.3 Å². The van der Waals surface area contributed by atoms with E-state index in [1.807, 2.05) is 0 Å². The predicted octanol–water partition coefficient (Wildman–Crippen LogP) is 4.67. The summed E-state index contributed by atoms with van der Waals surface area (Å²) in [7, 11) is 0. The Morgan fingerprint density at radius 3 is 2.24 bits per heavy atom. The molecule has 0 bridgehead atoms. The highest BCUT2D eigenvalue weighted by atomic mass is 32.1. The molecule has 0 saturated heterocycles. The molecule has 1 aromatic heterocycles. The quantitative estimate of drug-likeness (QED) is 0.749. The van der Waals surface area contributed by atoms with Crippen molar-refractivity contribution in [2.75, 3.05) is 0 Å². The Balaban J connectivity index is 2.30. The van der Waals surface area contributed by atoms with Gasteiger partial charge >= 0.3 is 0 Å². The third-order valence-electron chi connectivity index (χ3n) is 2.80. The SMILES string of the molecule is CCc1ccc(-c2csc(C(C)(C)C)n2)cc1. The van der Waals surface area contributed by atoms with Gasteiger partial charge in [0.2, 0.25) is 0 Å². The maximum Gasteiger partial charge on any atom is 0.0986 e. The van der Waals surface area contributed by atoms with Gasteiger partial charge in [0.1, 0.15) is 0 Å². The molecule has 2 rings (SSSR count). The largest absolute Gasteiger partial charge is 0.241 e. The summed E-state index contributed by atoms with van der Waals surface area (Å²) in [6.07, 6.45) is 1.09. The molecule has 0 aliphatic rings. The Kier molecular flexibility index (Phi) is 3.34. The second-order valence-corrected chi connectivity index (χ2v) is 6.20. The van der Waals surface area contributed by atoms with Gasteiger partial charge in [-0.25, -0.2) is 4.98 Å². The third-order valence-corrected chi connectivity index (χ3v) is 4.07. The molecule has 1 nitrogen and oxygen atoms in total. The molecule has 0 aliphatic carbocycles. The molecule has 2 heteroatoms. The lowest BCUT2D eigenvalue weighted by Crippen LogP contribution is -2.10. The molecule has 0 aliphatic heterocycles. The molecule has 0 radical (unpaired) electrons. The van der Waals surface area contributed by atoms with Gasteiger partial charge < -0.3 is 0 Å². The summed E-state index contributed by atoms with van der Waals surface area (Å²) < 4.78 is 0. The minimum Gasteiger partial charge on any atom is -0.241 e. The van der Waals surface area contributed by atoms with Crippen molar-refractivity contribution in [1.82, 2.24) is 4.98 Å². The molecule has 1 heterocycles. The summed E-state index contributed by atoms with van der Waals surface area (Å²) in [4.78, 5) is 4.73. The fraction of sp³-hybridized carbons (Fsp3) is 0.400. The average molecular weight is 245 g/mol. The van der Waals surface area contributed by atoms with Gasteiger partial charge in [-0.3, -0.25) is 0 Å². The van der Waals surface area contributed by atoms with E-state index < -0.39 is 0 Å². The van der Waals surface area contributed by atoms with Gasteiger partial charge in [-0.2, -0.15) is 0 Å². The third kappa shape index (κ3) is 2.75. The van der Waals surface area contributed by atoms with Crippen LogP contribution in [-0.4, -0.2) is 4.98 Å². The summed E-state index contributed by atoms with van der Waals surface area (Å²) in [6.45, 7) is 8.79. The van der Waals surface area contributed by atoms with E-state index in [1.165, 1.54) is 16.1 Å². The molecule has 90 valence electrons. The van der Waals surface area contributed by atoms with Crippen LogP contribution in [0.25, 0.3) is 11.3 Å². The summed E-state index contributed by atoms with van der Waals surface area (Å²) in [5.74, 6) is 0. The number of benzene rings is 1. The van der Waals surface area contributed by atoms with E-state index in [0.29, 0.717) is 0 Å². The first-order valence-corrected chi connectivity index (χ1v) is 6.94. The Morgan fingerprint density at radius 1 is 1.12 bits per heavy atom. The van der Waals surface area contributed by atoms with Crippen LogP contribution < -0.4 is 0 Å². The number of rotatable bonds is 2. The van der Waals surface area contributed by atoms with Crippen LogP contribution in [-0.2, 0) is 11.8 Å². The van der Waals surface area contributed by atoms with Gasteiger partial charge in [0.15, 0.2) is 0 Å². The first-order valence-electron chi connectivity index (χ1n) is 6.06. The first kappa shape index (κ1) is 12.3. The van der Waals surface area contributed by atoms with Crippen LogP contribution in [0.15, 0.2) is 29.6 Å². The van der Waals surface area contributed by atoms with Gasteiger partial charge in [0, 0.05) is 16.4 Å². The van der Waals surface area contributed by atoms with E-state index in [9.17, 15) is 0 Å². The lowest BCUT2D eigenvalue weighted by Gasteiger charge is -2.13. The van der Waals surface area contributed by atoms with E-state index in [4.69, 9.17) is 4.98 Å². The second-order valence-electron chi connectivity index (χ2n) is 5.34. The van der Waals surface area contributed by atoms with Crippen molar-refractivity contribution in [3.05, 3.63) is 40.2 Å². The molecular weight excluding hydrogens is 226 g/mol. The standard InChI is InChI=1S/C15H19NS/c1-5-11-6-8-12(9-7-11)13-10-17-14(16-13)15(2,3)4/h6-10H,5H2,1-4H3. The normalized spacial score (nSPS) is 11.8. The van der Waals surface area contributed by atoms with Crippen LogP contribution >= 0.6 is 11.3 Å². The molecule has 0 amide bonds. The lowest BCUT2D eigenvalue weighted by molar-refractivity contribution is 0.586. The minimum atomic E-state index is 0.145. The number of hydrogen-bond acceptors (Lipinski definition) is 2. The van der Waals surface area contributed by atoms with Crippen LogP contribution in [0.5, 0.6) is 0 Å². The zero-order valence-corrected chi connectivity index (χ0v) is 11.8. The number of aryl methyl sites for hydroxylation is 1. The fourth-order valence-corrected chi connectivity index (χ4v) is 2.58. The predicted molar refractivity (Wildman–Crippen MR) is 75.6 cm³/mol. The number of thiazole rings is 1. The van der Waals surface area contributed by atoms with Crippen LogP contribution in [0.1, 0.15) is 38.3 Å². The maximum absolute atomic E-state index is 4.73. The van der Waals surface area contributed by atoms with Crippen LogP contribution in [0, 0.1) is 0 Å². The Bertz CT molecular complexity index is 488. The van der Waals surface area contributed by atoms with Gasteiger partial charge in [0.25, 0.3) is 0 Å². The van der Waals surface area contributed by atoms with Crippen LogP contribution in [0.4, 0.5) is 0 Å².